The third kappa shape index (κ3) is 6.59. The topological polar surface area (TPSA) is 80.0 Å². The number of anilines is 1. The number of hydrogen-bond acceptors (Lipinski definition) is 6. The molecule has 0 aliphatic carbocycles. The third-order valence-corrected chi connectivity index (χ3v) is 4.97. The predicted molar refractivity (Wildman–Crippen MR) is 118 cm³/mol. The van der Waals surface area contributed by atoms with Crippen molar-refractivity contribution >= 4 is 36.2 Å². The molecule has 2 heterocycles. The number of carbonyl (C=O) groups excluding carboxylic acids is 1. The normalized spacial score (nSPS) is 15.9. The van der Waals surface area contributed by atoms with Gasteiger partial charge in [-0.1, -0.05) is 23.1 Å². The summed E-state index contributed by atoms with van der Waals surface area (Å²) in [5.41, 5.74) is 1.20. The first-order valence-corrected chi connectivity index (χ1v) is 10.3. The first kappa shape index (κ1) is 21.4. The van der Waals surface area contributed by atoms with Gasteiger partial charge in [-0.3, -0.25) is 10.1 Å². The number of carbonyl (C=O) groups is 1. The van der Waals surface area contributed by atoms with E-state index in [1.807, 2.05) is 0 Å². The number of amides is 1. The molecule has 6 nitrogen and oxygen atoms in total. The molecule has 1 amide bonds. The lowest BCUT2D eigenvalue weighted by atomic mass is 10.1. The van der Waals surface area contributed by atoms with Gasteiger partial charge in [0, 0.05) is 27.1 Å². The van der Waals surface area contributed by atoms with E-state index in [4.69, 9.17) is 16.0 Å². The van der Waals surface area contributed by atoms with Crippen LogP contribution in [0, 0.1) is 0 Å². The molecule has 1 aliphatic heterocycles. The summed E-state index contributed by atoms with van der Waals surface area (Å²) in [5, 5.41) is 14.2. The molecule has 1 saturated heterocycles. The molecule has 1 aliphatic rings. The highest BCUT2D eigenvalue weighted by Crippen LogP contribution is 2.22. The lowest BCUT2D eigenvalue weighted by Crippen LogP contribution is -2.30. The highest BCUT2D eigenvalue weighted by atomic mass is 35.5. The summed E-state index contributed by atoms with van der Waals surface area (Å²) >= 11 is 9.99. The van der Waals surface area contributed by atoms with E-state index in [9.17, 15) is 4.79 Å². The molecule has 1 unspecified atom stereocenters. The van der Waals surface area contributed by atoms with Gasteiger partial charge in [-0.25, -0.2) is 0 Å². The summed E-state index contributed by atoms with van der Waals surface area (Å²) in [7, 11) is 0. The average Bonchev–Trinajstić information content (AvgIpc) is 3.18. The van der Waals surface area contributed by atoms with E-state index in [2.05, 4.69) is 40.4 Å². The van der Waals surface area contributed by atoms with Crippen LogP contribution in [0.3, 0.4) is 0 Å². The zero-order chi connectivity index (χ0) is 20.6. The van der Waals surface area contributed by atoms with E-state index in [0.717, 1.165) is 16.5 Å². The molecular weight excluding hydrogens is 408 g/mol. The van der Waals surface area contributed by atoms with Crippen LogP contribution >= 0.6 is 24.2 Å². The quantitative estimate of drug-likeness (QED) is 0.505. The summed E-state index contributed by atoms with van der Waals surface area (Å²) in [6.45, 7) is 3.49. The van der Waals surface area contributed by atoms with Gasteiger partial charge in [0.25, 0.3) is 5.91 Å². The van der Waals surface area contributed by atoms with Crippen molar-refractivity contribution < 1.29 is 9.21 Å². The Morgan fingerprint density at radius 3 is 2.45 bits per heavy atom. The van der Waals surface area contributed by atoms with Crippen molar-refractivity contribution in [2.45, 2.75) is 37.1 Å². The first-order chi connectivity index (χ1) is 14.0. The summed E-state index contributed by atoms with van der Waals surface area (Å²) in [4.78, 5) is 12.8. The van der Waals surface area contributed by atoms with E-state index in [1.165, 1.54) is 25.8 Å². The lowest BCUT2D eigenvalue weighted by Gasteiger charge is -2.18. The van der Waals surface area contributed by atoms with Crippen LogP contribution in [0.25, 0.3) is 11.5 Å². The number of hydrogen-bond donors (Lipinski definition) is 3. The molecule has 0 bridgehead atoms. The van der Waals surface area contributed by atoms with Crippen LogP contribution in [-0.4, -0.2) is 28.7 Å². The number of aromatic nitrogens is 2. The summed E-state index contributed by atoms with van der Waals surface area (Å²) in [6, 6.07) is 14.5. The number of rotatable bonds is 3. The average molecular weight is 431 g/mol. The molecule has 2 aromatic carbocycles. The molecule has 1 atom stereocenters. The maximum absolute atomic E-state index is 12.0. The van der Waals surface area contributed by atoms with Crippen LogP contribution in [0.5, 0.6) is 0 Å². The molecule has 0 radical (unpaired) electrons. The minimum atomic E-state index is -0.334. The van der Waals surface area contributed by atoms with Gasteiger partial charge in [0.2, 0.25) is 5.89 Å². The fraction of sp³-hybridized carbons (Fsp3) is 0.286. The van der Waals surface area contributed by atoms with Crippen molar-refractivity contribution in [3.63, 3.8) is 0 Å². The second kappa shape index (κ2) is 10.4. The Hall–Kier alpha value is -2.35. The van der Waals surface area contributed by atoms with Crippen LogP contribution in [0.15, 0.2) is 57.8 Å². The molecule has 1 fully saturated rings. The van der Waals surface area contributed by atoms with Crippen molar-refractivity contribution in [3.8, 4) is 11.5 Å². The maximum atomic E-state index is 12.0. The van der Waals surface area contributed by atoms with E-state index in [-0.39, 0.29) is 11.9 Å². The molecular formula is C21H23ClN4O2S. The number of nitrogens with zero attached hydrogens (tertiary/aromatic N) is 2. The van der Waals surface area contributed by atoms with Gasteiger partial charge in [0.15, 0.2) is 0 Å². The van der Waals surface area contributed by atoms with E-state index >= 15 is 0 Å². The number of halogens is 1. The van der Waals surface area contributed by atoms with Crippen molar-refractivity contribution in [2.75, 3.05) is 11.9 Å². The highest BCUT2D eigenvalue weighted by Gasteiger charge is 2.12. The van der Waals surface area contributed by atoms with E-state index in [1.54, 1.807) is 48.5 Å². The van der Waals surface area contributed by atoms with Gasteiger partial charge in [-0.2, -0.15) is 0 Å². The predicted octanol–water partition coefficient (Wildman–Crippen LogP) is 5.08. The zero-order valence-electron chi connectivity index (χ0n) is 16.1. The smallest absolute Gasteiger partial charge is 0.322 e. The minimum absolute atomic E-state index is 0.0323. The maximum Gasteiger partial charge on any atom is 0.322 e. The molecule has 152 valence electrons. The van der Waals surface area contributed by atoms with Gasteiger partial charge in [-0.05, 0) is 74.8 Å². The van der Waals surface area contributed by atoms with Crippen molar-refractivity contribution in [1.82, 2.24) is 15.5 Å². The SMILES string of the molecule is CC1CCCCN1.O=C(Nc1nnc(-c2ccc(Cl)cc2)o1)c1ccc(S)cc1. The largest absolute Gasteiger partial charge is 0.403 e. The summed E-state index contributed by atoms with van der Waals surface area (Å²) in [6.07, 6.45) is 4.18. The molecule has 0 spiro atoms. The van der Waals surface area contributed by atoms with Gasteiger partial charge >= 0.3 is 6.01 Å². The highest BCUT2D eigenvalue weighted by molar-refractivity contribution is 7.80. The zero-order valence-corrected chi connectivity index (χ0v) is 17.7. The Kier molecular flexibility index (Phi) is 7.69. The van der Waals surface area contributed by atoms with E-state index in [0.29, 0.717) is 16.5 Å². The molecule has 0 saturated carbocycles. The number of piperidine rings is 1. The van der Waals surface area contributed by atoms with Gasteiger partial charge in [-0.15, -0.1) is 17.7 Å². The monoisotopic (exact) mass is 430 g/mol. The molecule has 2 N–H and O–H groups in total. The second-order valence-corrected chi connectivity index (χ2v) is 7.72. The third-order valence-electron chi connectivity index (χ3n) is 4.42. The summed E-state index contributed by atoms with van der Waals surface area (Å²) in [5.74, 6) is -0.0303. The molecule has 8 heteroatoms. The van der Waals surface area contributed by atoms with Gasteiger partial charge < -0.3 is 9.73 Å². The summed E-state index contributed by atoms with van der Waals surface area (Å²) < 4.78 is 5.41. The second-order valence-electron chi connectivity index (χ2n) is 6.77. The van der Waals surface area contributed by atoms with Crippen LogP contribution in [0.2, 0.25) is 5.02 Å². The van der Waals surface area contributed by atoms with Crippen LogP contribution < -0.4 is 10.6 Å². The van der Waals surface area contributed by atoms with Crippen molar-refractivity contribution in [3.05, 3.63) is 59.1 Å². The Balaban J connectivity index is 0.000000290. The Morgan fingerprint density at radius 2 is 1.86 bits per heavy atom. The number of benzene rings is 2. The first-order valence-electron chi connectivity index (χ1n) is 9.44. The molecule has 3 aromatic rings. The van der Waals surface area contributed by atoms with Crippen molar-refractivity contribution in [1.29, 1.82) is 0 Å². The van der Waals surface area contributed by atoms with E-state index < -0.39 is 0 Å². The van der Waals surface area contributed by atoms with Crippen molar-refractivity contribution in [2.24, 2.45) is 0 Å². The molecule has 29 heavy (non-hydrogen) atoms. The van der Waals surface area contributed by atoms with Crippen LogP contribution in [0.4, 0.5) is 6.01 Å². The fourth-order valence-corrected chi connectivity index (χ4v) is 3.07. The number of nitrogens with one attached hydrogen (secondary N) is 2. The Labute approximate surface area is 180 Å². The number of thiol groups is 1. The standard InChI is InChI=1S/C15H10ClN3O2S.C6H13N/c16-11-5-1-10(2-6-11)14-18-19-15(21-14)17-13(20)9-3-7-12(22)8-4-9;1-6-4-2-3-5-7-6/h1-8,22H,(H,17,19,20);6-7H,2-5H2,1H3. The van der Waals surface area contributed by atoms with Gasteiger partial charge in [0.1, 0.15) is 0 Å². The van der Waals surface area contributed by atoms with Gasteiger partial charge in [0.05, 0.1) is 0 Å². The Bertz CT molecular complexity index is 923. The molecule has 4 rings (SSSR count). The van der Waals surface area contributed by atoms with Crippen LogP contribution in [0.1, 0.15) is 36.5 Å². The minimum Gasteiger partial charge on any atom is -0.403 e. The lowest BCUT2D eigenvalue weighted by molar-refractivity contribution is 0.102. The van der Waals surface area contributed by atoms with Crippen LogP contribution in [-0.2, 0) is 0 Å². The fourth-order valence-electron chi connectivity index (χ4n) is 2.79. The molecule has 1 aromatic heterocycles. The Morgan fingerprint density at radius 1 is 1.14 bits per heavy atom.